The molecule has 0 saturated carbocycles. The van der Waals surface area contributed by atoms with Crippen LogP contribution >= 0.6 is 0 Å². The molecule has 4 rings (SSSR count). The lowest BCUT2D eigenvalue weighted by molar-refractivity contribution is -0.384. The molecule has 3 N–H and O–H groups in total. The van der Waals surface area contributed by atoms with Gasteiger partial charge >= 0.3 is 12.0 Å². The molecule has 41 heavy (non-hydrogen) atoms. The lowest BCUT2D eigenvalue weighted by Gasteiger charge is -2.31. The van der Waals surface area contributed by atoms with Crippen LogP contribution in [0.2, 0.25) is 0 Å². The van der Waals surface area contributed by atoms with E-state index in [9.17, 15) is 43.2 Å². The quantitative estimate of drug-likeness (QED) is 0.277. The molecule has 0 radical (unpaired) electrons. The maximum absolute atomic E-state index is 13.9. The lowest BCUT2D eigenvalue weighted by atomic mass is 10.0. The summed E-state index contributed by atoms with van der Waals surface area (Å²) in [5.41, 5.74) is -0.121. The minimum atomic E-state index is -1.61. The summed E-state index contributed by atoms with van der Waals surface area (Å²) in [4.78, 5) is 64.4. The number of urea groups is 1. The predicted octanol–water partition coefficient (Wildman–Crippen LogP) is 3.52. The molecule has 0 spiro atoms. The van der Waals surface area contributed by atoms with E-state index in [0.29, 0.717) is 0 Å². The van der Waals surface area contributed by atoms with Gasteiger partial charge in [0.1, 0.15) is 11.6 Å². The van der Waals surface area contributed by atoms with Crippen molar-refractivity contribution in [1.82, 2.24) is 15.1 Å². The first kappa shape index (κ1) is 28.6. The van der Waals surface area contributed by atoms with E-state index in [1.807, 2.05) is 0 Å². The van der Waals surface area contributed by atoms with E-state index in [0.717, 1.165) is 40.1 Å². The largest absolute Gasteiger partial charge is 0.481 e. The van der Waals surface area contributed by atoms with E-state index in [1.165, 1.54) is 42.5 Å². The van der Waals surface area contributed by atoms with E-state index >= 15 is 0 Å². The summed E-state index contributed by atoms with van der Waals surface area (Å²) >= 11 is 0. The minimum absolute atomic E-state index is 0.0932. The highest BCUT2D eigenvalue weighted by Gasteiger charge is 2.44. The van der Waals surface area contributed by atoms with Crippen LogP contribution in [0.3, 0.4) is 0 Å². The predicted molar refractivity (Wildman–Crippen MR) is 140 cm³/mol. The number of hydrogen-bond acceptors (Lipinski definition) is 6. The second kappa shape index (κ2) is 12.2. The van der Waals surface area contributed by atoms with Crippen LogP contribution in [0.1, 0.15) is 28.4 Å². The van der Waals surface area contributed by atoms with Gasteiger partial charge in [0.2, 0.25) is 0 Å². The number of halogens is 2. The van der Waals surface area contributed by atoms with Gasteiger partial charge in [-0.3, -0.25) is 29.4 Å². The number of nitro groups is 1. The molecule has 4 amide bonds. The Morgan fingerprint density at radius 1 is 0.951 bits per heavy atom. The number of carbonyl (C=O) groups is 4. The summed E-state index contributed by atoms with van der Waals surface area (Å²) in [6.45, 7) is -0.267. The number of carboxylic acid groups (broad SMARTS) is 1. The Hall–Kier alpha value is -5.40. The number of aliphatic carboxylic acids is 1. The van der Waals surface area contributed by atoms with Gasteiger partial charge < -0.3 is 20.6 Å². The molecular weight excluding hydrogens is 544 g/mol. The zero-order valence-corrected chi connectivity index (χ0v) is 21.2. The van der Waals surface area contributed by atoms with Crippen LogP contribution in [0, 0.1) is 21.7 Å². The van der Waals surface area contributed by atoms with Gasteiger partial charge in [-0.1, -0.05) is 18.2 Å². The number of nitrogens with zero attached hydrogens (tertiary/aromatic N) is 3. The Morgan fingerprint density at radius 3 is 2.29 bits per heavy atom. The van der Waals surface area contributed by atoms with Gasteiger partial charge in [0.25, 0.3) is 17.5 Å². The Labute approximate surface area is 231 Å². The molecule has 1 fully saturated rings. The van der Waals surface area contributed by atoms with Crippen molar-refractivity contribution in [3.8, 4) is 0 Å². The summed E-state index contributed by atoms with van der Waals surface area (Å²) in [6, 6.07) is 12.5. The maximum atomic E-state index is 13.9. The summed E-state index contributed by atoms with van der Waals surface area (Å²) in [7, 11) is 0. The number of benzene rings is 3. The molecule has 0 bridgehead atoms. The number of nitrogens with one attached hydrogen (secondary N) is 2. The van der Waals surface area contributed by atoms with Crippen LogP contribution in [0.15, 0.2) is 72.8 Å². The molecule has 0 aliphatic carbocycles. The first-order chi connectivity index (χ1) is 19.5. The SMILES string of the molecule is O=C(O)CC(NC(=O)C1N(C(=O)Nc2ccc(F)cc2)CCN1C(=O)c1cccc(F)c1)c1cccc([N+](=O)[O-])c1. The molecule has 12 nitrogen and oxygen atoms in total. The van der Waals surface area contributed by atoms with Crippen molar-refractivity contribution in [2.24, 2.45) is 0 Å². The van der Waals surface area contributed by atoms with Crippen LogP contribution in [-0.2, 0) is 9.59 Å². The summed E-state index contributed by atoms with van der Waals surface area (Å²) in [5.74, 6) is -4.30. The minimum Gasteiger partial charge on any atom is -0.481 e. The molecule has 1 heterocycles. The van der Waals surface area contributed by atoms with Gasteiger partial charge in [0.15, 0.2) is 6.17 Å². The third-order valence-corrected chi connectivity index (χ3v) is 6.27. The van der Waals surface area contributed by atoms with Crippen LogP contribution in [0.25, 0.3) is 0 Å². The number of non-ortho nitro benzene ring substituents is 1. The molecule has 1 aliphatic rings. The van der Waals surface area contributed by atoms with Crippen molar-refractivity contribution >= 4 is 35.2 Å². The van der Waals surface area contributed by atoms with Gasteiger partial charge in [-0.15, -0.1) is 0 Å². The number of amides is 4. The van der Waals surface area contributed by atoms with Crippen LogP contribution < -0.4 is 10.6 Å². The van der Waals surface area contributed by atoms with Crippen molar-refractivity contribution in [3.63, 3.8) is 0 Å². The van der Waals surface area contributed by atoms with Crippen molar-refractivity contribution in [2.45, 2.75) is 18.6 Å². The van der Waals surface area contributed by atoms with Gasteiger partial charge in [-0.2, -0.15) is 0 Å². The number of rotatable bonds is 8. The summed E-state index contributed by atoms with van der Waals surface area (Å²) in [6.07, 6.45) is -2.28. The fourth-order valence-corrected chi connectivity index (χ4v) is 4.38. The van der Waals surface area contributed by atoms with Gasteiger partial charge in [-0.25, -0.2) is 13.6 Å². The number of nitro benzene ring substituents is 1. The van der Waals surface area contributed by atoms with Crippen LogP contribution in [-0.4, -0.2) is 62.9 Å². The summed E-state index contributed by atoms with van der Waals surface area (Å²) in [5, 5.41) is 25.7. The Bertz CT molecular complexity index is 1500. The third kappa shape index (κ3) is 6.79. The highest BCUT2D eigenvalue weighted by atomic mass is 19.1. The first-order valence-corrected chi connectivity index (χ1v) is 12.2. The Kier molecular flexibility index (Phi) is 8.51. The second-order valence-corrected chi connectivity index (χ2v) is 9.02. The molecule has 3 aromatic rings. The fourth-order valence-electron chi connectivity index (χ4n) is 4.38. The molecule has 0 aromatic heterocycles. The molecule has 3 aromatic carbocycles. The highest BCUT2D eigenvalue weighted by molar-refractivity contribution is 6.00. The normalized spacial score (nSPS) is 15.2. The van der Waals surface area contributed by atoms with Gasteiger partial charge in [0, 0.05) is 36.5 Å². The van der Waals surface area contributed by atoms with Gasteiger partial charge in [-0.05, 0) is 48.0 Å². The average Bonchev–Trinajstić information content (AvgIpc) is 3.39. The van der Waals surface area contributed by atoms with Crippen molar-refractivity contribution in [1.29, 1.82) is 0 Å². The Morgan fingerprint density at radius 2 is 1.63 bits per heavy atom. The number of anilines is 1. The smallest absolute Gasteiger partial charge is 0.323 e. The molecule has 2 atom stereocenters. The fraction of sp³-hybridized carbons (Fsp3) is 0.185. The van der Waals surface area contributed by atoms with E-state index in [1.54, 1.807) is 0 Å². The topological polar surface area (TPSA) is 162 Å². The molecule has 14 heteroatoms. The van der Waals surface area contributed by atoms with E-state index < -0.39 is 59.0 Å². The number of carboxylic acids is 1. The van der Waals surface area contributed by atoms with E-state index in [4.69, 9.17) is 0 Å². The van der Waals surface area contributed by atoms with E-state index in [2.05, 4.69) is 10.6 Å². The molecule has 2 unspecified atom stereocenters. The molecule has 212 valence electrons. The average molecular weight is 568 g/mol. The van der Waals surface area contributed by atoms with Crippen LogP contribution in [0.4, 0.5) is 25.0 Å². The third-order valence-electron chi connectivity index (χ3n) is 6.27. The maximum Gasteiger partial charge on any atom is 0.323 e. The zero-order valence-electron chi connectivity index (χ0n) is 21.2. The van der Waals surface area contributed by atoms with Crippen molar-refractivity contribution in [3.05, 3.63) is 106 Å². The lowest BCUT2D eigenvalue weighted by Crippen LogP contribution is -2.55. The second-order valence-electron chi connectivity index (χ2n) is 9.02. The van der Waals surface area contributed by atoms with Crippen LogP contribution in [0.5, 0.6) is 0 Å². The van der Waals surface area contributed by atoms with Crippen molar-refractivity contribution in [2.75, 3.05) is 18.4 Å². The molecular formula is C27H23F2N5O7. The number of hydrogen-bond donors (Lipinski definition) is 3. The standard InChI is InChI=1S/C27H23F2N5O7/c28-18-7-9-20(10-8-18)30-27(39)33-12-11-32(26(38)17-4-1-5-19(29)13-17)25(33)24(37)31-22(15-23(35)36)16-3-2-6-21(14-16)34(40)41/h1-10,13-14,22,25H,11-12,15H2,(H,30,39)(H,31,37)(H,35,36). The molecule has 1 saturated heterocycles. The highest BCUT2D eigenvalue weighted by Crippen LogP contribution is 2.25. The first-order valence-electron chi connectivity index (χ1n) is 12.2. The molecule has 1 aliphatic heterocycles. The monoisotopic (exact) mass is 567 g/mol. The Balaban J connectivity index is 1.66. The zero-order chi connectivity index (χ0) is 29.7. The van der Waals surface area contributed by atoms with Crippen molar-refractivity contribution < 1.29 is 38.0 Å². The van der Waals surface area contributed by atoms with E-state index in [-0.39, 0.29) is 35.6 Å². The van der Waals surface area contributed by atoms with Gasteiger partial charge in [0.05, 0.1) is 17.4 Å². The number of carbonyl (C=O) groups excluding carboxylic acids is 3. The summed E-state index contributed by atoms with van der Waals surface area (Å²) < 4.78 is 27.2.